The Balaban J connectivity index is 1.69. The van der Waals surface area contributed by atoms with Crippen molar-refractivity contribution < 1.29 is 9.53 Å². The van der Waals surface area contributed by atoms with Crippen LogP contribution in [-0.2, 0) is 0 Å². The Kier molecular flexibility index (Phi) is 4.90. The molecule has 2 aromatic rings. The first kappa shape index (κ1) is 16.6. The zero-order valence-electron chi connectivity index (χ0n) is 13.4. The molecular weight excluding hydrogens is 328 g/mol. The van der Waals surface area contributed by atoms with Gasteiger partial charge in [-0.05, 0) is 56.2 Å². The number of halogens is 1. The van der Waals surface area contributed by atoms with E-state index in [4.69, 9.17) is 16.3 Å². The molecule has 6 heteroatoms. The van der Waals surface area contributed by atoms with Crippen molar-refractivity contribution in [3.8, 4) is 5.75 Å². The van der Waals surface area contributed by atoms with Gasteiger partial charge in [0.15, 0.2) is 0 Å². The molecule has 0 unspecified atom stereocenters. The molecule has 0 bridgehead atoms. The van der Waals surface area contributed by atoms with Crippen molar-refractivity contribution in [2.24, 2.45) is 0 Å². The highest BCUT2D eigenvalue weighted by atomic mass is 35.5. The van der Waals surface area contributed by atoms with Crippen LogP contribution in [0.25, 0.3) is 0 Å². The minimum atomic E-state index is -0.343. The SMILES string of the molecule is Cc1ccc(C(=O)N2CCC[C@@H]2COc2ccc(Cl)cc2)c(=O)[nH]1. The first-order valence-corrected chi connectivity index (χ1v) is 8.31. The third-order valence-electron chi connectivity index (χ3n) is 4.18. The number of amides is 1. The topological polar surface area (TPSA) is 62.4 Å². The molecule has 1 N–H and O–H groups in total. The maximum atomic E-state index is 12.7. The lowest BCUT2D eigenvalue weighted by Gasteiger charge is -2.24. The van der Waals surface area contributed by atoms with E-state index in [1.165, 1.54) is 0 Å². The third-order valence-corrected chi connectivity index (χ3v) is 4.43. The first-order chi connectivity index (χ1) is 11.5. The molecular formula is C18H19ClN2O3. The Hall–Kier alpha value is -2.27. The molecule has 126 valence electrons. The molecule has 2 heterocycles. The number of rotatable bonds is 4. The number of carbonyl (C=O) groups is 1. The maximum Gasteiger partial charge on any atom is 0.260 e. The highest BCUT2D eigenvalue weighted by Crippen LogP contribution is 2.22. The van der Waals surface area contributed by atoms with Gasteiger partial charge in [-0.3, -0.25) is 9.59 Å². The molecule has 1 aliphatic heterocycles. The fourth-order valence-electron chi connectivity index (χ4n) is 2.89. The molecule has 0 radical (unpaired) electrons. The zero-order valence-corrected chi connectivity index (χ0v) is 14.2. The Labute approximate surface area is 145 Å². The van der Waals surface area contributed by atoms with Crippen LogP contribution in [0.5, 0.6) is 5.75 Å². The summed E-state index contributed by atoms with van der Waals surface area (Å²) in [6, 6.07) is 10.4. The summed E-state index contributed by atoms with van der Waals surface area (Å²) < 4.78 is 5.77. The van der Waals surface area contributed by atoms with Gasteiger partial charge >= 0.3 is 0 Å². The normalized spacial score (nSPS) is 17.1. The number of aryl methyl sites for hydroxylation is 1. The number of nitrogens with zero attached hydrogens (tertiary/aromatic N) is 1. The molecule has 5 nitrogen and oxygen atoms in total. The summed E-state index contributed by atoms with van der Waals surface area (Å²) in [5.74, 6) is 0.477. The molecule has 1 aromatic heterocycles. The number of pyridine rings is 1. The van der Waals surface area contributed by atoms with Crippen LogP contribution in [-0.4, -0.2) is 35.0 Å². The average Bonchev–Trinajstić information content (AvgIpc) is 3.02. The summed E-state index contributed by atoms with van der Waals surface area (Å²) in [4.78, 5) is 29.1. The van der Waals surface area contributed by atoms with Crippen LogP contribution in [0.4, 0.5) is 0 Å². The van der Waals surface area contributed by atoms with Gasteiger partial charge in [0.2, 0.25) is 0 Å². The summed E-state index contributed by atoms with van der Waals surface area (Å²) in [5, 5.41) is 0.651. The number of hydrogen-bond acceptors (Lipinski definition) is 3. The number of carbonyl (C=O) groups excluding carboxylic acids is 1. The second kappa shape index (κ2) is 7.09. The highest BCUT2D eigenvalue weighted by molar-refractivity contribution is 6.30. The van der Waals surface area contributed by atoms with Crippen molar-refractivity contribution in [3.63, 3.8) is 0 Å². The number of benzene rings is 1. The molecule has 1 atom stereocenters. The first-order valence-electron chi connectivity index (χ1n) is 7.94. The van der Waals surface area contributed by atoms with E-state index in [9.17, 15) is 9.59 Å². The molecule has 0 spiro atoms. The van der Waals surface area contributed by atoms with E-state index in [1.54, 1.807) is 48.2 Å². The summed E-state index contributed by atoms with van der Waals surface area (Å²) in [5.41, 5.74) is 0.573. The molecule has 0 aliphatic carbocycles. The van der Waals surface area contributed by atoms with Crippen molar-refractivity contribution >= 4 is 17.5 Å². The van der Waals surface area contributed by atoms with Crippen LogP contribution in [0, 0.1) is 6.92 Å². The predicted molar refractivity (Wildman–Crippen MR) is 92.8 cm³/mol. The van der Waals surface area contributed by atoms with E-state index in [2.05, 4.69) is 4.98 Å². The van der Waals surface area contributed by atoms with Crippen LogP contribution >= 0.6 is 11.6 Å². The third kappa shape index (κ3) is 3.62. The van der Waals surface area contributed by atoms with Crippen molar-refractivity contribution in [1.29, 1.82) is 0 Å². The van der Waals surface area contributed by atoms with Gasteiger partial charge < -0.3 is 14.6 Å². The minimum absolute atomic E-state index is 0.0334. The Morgan fingerprint density at radius 3 is 2.75 bits per heavy atom. The number of nitrogens with one attached hydrogen (secondary N) is 1. The molecule has 3 rings (SSSR count). The van der Waals surface area contributed by atoms with Gasteiger partial charge in [-0.1, -0.05) is 11.6 Å². The van der Waals surface area contributed by atoms with E-state index >= 15 is 0 Å². The smallest absolute Gasteiger partial charge is 0.260 e. The molecule has 1 saturated heterocycles. The van der Waals surface area contributed by atoms with E-state index in [0.717, 1.165) is 18.5 Å². The van der Waals surface area contributed by atoms with Crippen molar-refractivity contribution in [1.82, 2.24) is 9.88 Å². The average molecular weight is 347 g/mol. The summed E-state index contributed by atoms with van der Waals surface area (Å²) in [7, 11) is 0. The van der Waals surface area contributed by atoms with Gasteiger partial charge in [0.05, 0.1) is 6.04 Å². The second-order valence-corrected chi connectivity index (χ2v) is 6.38. The van der Waals surface area contributed by atoms with Crippen molar-refractivity contribution in [3.05, 3.63) is 63.0 Å². The Morgan fingerprint density at radius 1 is 1.29 bits per heavy atom. The van der Waals surface area contributed by atoms with Crippen LogP contribution in [0.2, 0.25) is 5.02 Å². The number of aromatic nitrogens is 1. The second-order valence-electron chi connectivity index (χ2n) is 5.94. The number of ether oxygens (including phenoxy) is 1. The Bertz CT molecular complexity index is 786. The Morgan fingerprint density at radius 2 is 2.04 bits per heavy atom. The summed E-state index contributed by atoms with van der Waals surface area (Å²) in [6.07, 6.45) is 1.77. The van der Waals surface area contributed by atoms with Gasteiger partial charge in [-0.2, -0.15) is 0 Å². The zero-order chi connectivity index (χ0) is 17.1. The summed E-state index contributed by atoms with van der Waals surface area (Å²) >= 11 is 5.86. The predicted octanol–water partition coefficient (Wildman–Crippen LogP) is 3.02. The maximum absolute atomic E-state index is 12.7. The van der Waals surface area contributed by atoms with Gasteiger partial charge in [-0.25, -0.2) is 0 Å². The van der Waals surface area contributed by atoms with Crippen LogP contribution in [0.1, 0.15) is 28.9 Å². The minimum Gasteiger partial charge on any atom is -0.491 e. The lowest BCUT2D eigenvalue weighted by molar-refractivity contribution is 0.0690. The van der Waals surface area contributed by atoms with Gasteiger partial charge in [0.25, 0.3) is 11.5 Å². The molecule has 24 heavy (non-hydrogen) atoms. The fraction of sp³-hybridized carbons (Fsp3) is 0.333. The van der Waals surface area contributed by atoms with Gasteiger partial charge in [0, 0.05) is 17.3 Å². The standard InChI is InChI=1S/C18H19ClN2O3/c1-12-4-9-16(17(22)20-12)18(23)21-10-2-3-14(21)11-24-15-7-5-13(19)6-8-15/h4-9,14H,2-3,10-11H2,1H3,(H,20,22)/t14-/m1/s1. The number of H-pyrrole nitrogens is 1. The lowest BCUT2D eigenvalue weighted by atomic mass is 10.2. The lowest BCUT2D eigenvalue weighted by Crippen LogP contribution is -2.41. The van der Waals surface area contributed by atoms with Gasteiger partial charge in [0.1, 0.15) is 17.9 Å². The van der Waals surface area contributed by atoms with Crippen LogP contribution in [0.3, 0.4) is 0 Å². The number of likely N-dealkylation sites (tertiary alicyclic amines) is 1. The van der Waals surface area contributed by atoms with E-state index in [0.29, 0.717) is 23.9 Å². The van der Waals surface area contributed by atoms with Crippen molar-refractivity contribution in [2.45, 2.75) is 25.8 Å². The van der Waals surface area contributed by atoms with E-state index < -0.39 is 0 Å². The van der Waals surface area contributed by atoms with Crippen molar-refractivity contribution in [2.75, 3.05) is 13.2 Å². The van der Waals surface area contributed by atoms with Gasteiger partial charge in [-0.15, -0.1) is 0 Å². The number of aromatic amines is 1. The summed E-state index contributed by atoms with van der Waals surface area (Å²) in [6.45, 7) is 2.83. The number of hydrogen-bond donors (Lipinski definition) is 1. The molecule has 1 fully saturated rings. The highest BCUT2D eigenvalue weighted by Gasteiger charge is 2.31. The molecule has 1 aliphatic rings. The van der Waals surface area contributed by atoms with E-state index in [1.807, 2.05) is 0 Å². The quantitative estimate of drug-likeness (QED) is 0.925. The van der Waals surface area contributed by atoms with Crippen LogP contribution in [0.15, 0.2) is 41.2 Å². The molecule has 0 saturated carbocycles. The molecule has 1 aromatic carbocycles. The molecule has 1 amide bonds. The largest absolute Gasteiger partial charge is 0.491 e. The van der Waals surface area contributed by atoms with Crippen LogP contribution < -0.4 is 10.3 Å². The van der Waals surface area contributed by atoms with E-state index in [-0.39, 0.29) is 23.1 Å². The fourth-order valence-corrected chi connectivity index (χ4v) is 3.02. The monoisotopic (exact) mass is 346 g/mol.